The predicted octanol–water partition coefficient (Wildman–Crippen LogP) is 0.0290. The molecule has 1 aliphatic rings. The molecule has 0 aromatic carbocycles. The summed E-state index contributed by atoms with van der Waals surface area (Å²) in [5.74, 6) is 0.871. The van der Waals surface area contributed by atoms with Crippen LogP contribution in [0.1, 0.15) is 19.3 Å². The van der Waals surface area contributed by atoms with Gasteiger partial charge in [-0.2, -0.15) is 15.0 Å². The van der Waals surface area contributed by atoms with Gasteiger partial charge in [0.1, 0.15) is 0 Å². The standard InChI is InChI=1S/C11H18N6O2/c1-19-8(18)4-5-13-10-14-9(12)15-11(16-10)17-6-2-3-7-17/h2-7H2,1H3,(H3,12,13,14,15,16). The molecule has 0 amide bonds. The van der Waals surface area contributed by atoms with E-state index in [9.17, 15) is 4.79 Å². The van der Waals surface area contributed by atoms with Crippen LogP contribution in [0, 0.1) is 0 Å². The van der Waals surface area contributed by atoms with E-state index >= 15 is 0 Å². The molecular weight excluding hydrogens is 248 g/mol. The van der Waals surface area contributed by atoms with Crippen molar-refractivity contribution in [1.82, 2.24) is 15.0 Å². The summed E-state index contributed by atoms with van der Waals surface area (Å²) < 4.78 is 4.55. The molecule has 1 aromatic rings. The Bertz CT molecular complexity index is 447. The SMILES string of the molecule is COC(=O)CCNc1nc(N)nc(N2CCCC2)n1. The second-order valence-electron chi connectivity index (χ2n) is 4.26. The lowest BCUT2D eigenvalue weighted by Crippen LogP contribution is -2.22. The fourth-order valence-corrected chi connectivity index (χ4v) is 1.90. The zero-order valence-electron chi connectivity index (χ0n) is 10.9. The zero-order chi connectivity index (χ0) is 13.7. The number of nitrogens with zero attached hydrogens (tertiary/aromatic N) is 4. The monoisotopic (exact) mass is 266 g/mol. The number of nitrogen functional groups attached to an aromatic ring is 1. The number of rotatable bonds is 5. The van der Waals surface area contributed by atoms with Crippen LogP contribution in [-0.4, -0.2) is 47.7 Å². The molecule has 0 radical (unpaired) electrons. The fraction of sp³-hybridized carbons (Fsp3) is 0.636. The van der Waals surface area contributed by atoms with Crippen LogP contribution in [0.5, 0.6) is 0 Å². The van der Waals surface area contributed by atoms with Crippen LogP contribution < -0.4 is 16.0 Å². The van der Waals surface area contributed by atoms with E-state index in [2.05, 4.69) is 29.9 Å². The van der Waals surface area contributed by atoms with E-state index in [0.717, 1.165) is 25.9 Å². The van der Waals surface area contributed by atoms with Crippen LogP contribution in [0.25, 0.3) is 0 Å². The normalized spacial score (nSPS) is 14.5. The van der Waals surface area contributed by atoms with Crippen molar-refractivity contribution >= 4 is 23.8 Å². The molecule has 8 nitrogen and oxygen atoms in total. The Morgan fingerprint density at radius 2 is 2.11 bits per heavy atom. The fourth-order valence-electron chi connectivity index (χ4n) is 1.90. The van der Waals surface area contributed by atoms with E-state index in [0.29, 0.717) is 18.4 Å². The summed E-state index contributed by atoms with van der Waals surface area (Å²) in [6.45, 7) is 2.27. The van der Waals surface area contributed by atoms with Gasteiger partial charge in [0.15, 0.2) is 0 Å². The van der Waals surface area contributed by atoms with Gasteiger partial charge in [-0.25, -0.2) is 0 Å². The highest BCUT2D eigenvalue weighted by Gasteiger charge is 2.16. The van der Waals surface area contributed by atoms with Crippen LogP contribution in [0.4, 0.5) is 17.8 Å². The number of esters is 1. The average Bonchev–Trinajstić information content (AvgIpc) is 2.91. The first kappa shape index (κ1) is 13.3. The van der Waals surface area contributed by atoms with E-state index in [1.165, 1.54) is 7.11 Å². The van der Waals surface area contributed by atoms with Crippen molar-refractivity contribution < 1.29 is 9.53 Å². The maximum Gasteiger partial charge on any atom is 0.307 e. The van der Waals surface area contributed by atoms with Gasteiger partial charge < -0.3 is 20.7 Å². The molecule has 19 heavy (non-hydrogen) atoms. The topological polar surface area (TPSA) is 106 Å². The van der Waals surface area contributed by atoms with Crippen molar-refractivity contribution in [3.8, 4) is 0 Å². The van der Waals surface area contributed by atoms with E-state index in [1.54, 1.807) is 0 Å². The summed E-state index contributed by atoms with van der Waals surface area (Å²) in [5, 5.41) is 2.94. The number of nitrogens with one attached hydrogen (secondary N) is 1. The quantitative estimate of drug-likeness (QED) is 0.719. The molecule has 8 heteroatoms. The van der Waals surface area contributed by atoms with Crippen molar-refractivity contribution in [1.29, 1.82) is 0 Å². The maximum absolute atomic E-state index is 11.0. The molecule has 2 rings (SSSR count). The highest BCUT2D eigenvalue weighted by atomic mass is 16.5. The van der Waals surface area contributed by atoms with Crippen LogP contribution >= 0.6 is 0 Å². The molecule has 1 aliphatic heterocycles. The van der Waals surface area contributed by atoms with Gasteiger partial charge in [0, 0.05) is 19.6 Å². The van der Waals surface area contributed by atoms with Gasteiger partial charge in [0.25, 0.3) is 0 Å². The Labute approximate surface area is 111 Å². The van der Waals surface area contributed by atoms with Crippen molar-refractivity contribution in [3.05, 3.63) is 0 Å². The molecule has 0 aliphatic carbocycles. The van der Waals surface area contributed by atoms with E-state index in [1.807, 2.05) is 0 Å². The number of anilines is 3. The number of carbonyl (C=O) groups excluding carboxylic acids is 1. The smallest absolute Gasteiger partial charge is 0.307 e. The van der Waals surface area contributed by atoms with Gasteiger partial charge >= 0.3 is 5.97 Å². The summed E-state index contributed by atoms with van der Waals surface area (Å²) in [4.78, 5) is 25.5. The molecule has 0 spiro atoms. The molecular formula is C11H18N6O2. The third-order valence-electron chi connectivity index (χ3n) is 2.87. The first-order valence-corrected chi connectivity index (χ1v) is 6.26. The Morgan fingerprint density at radius 3 is 2.79 bits per heavy atom. The summed E-state index contributed by atoms with van der Waals surface area (Å²) in [7, 11) is 1.36. The number of carbonyl (C=O) groups is 1. The lowest BCUT2D eigenvalue weighted by molar-refractivity contribution is -0.140. The van der Waals surface area contributed by atoms with Crippen molar-refractivity contribution in [2.45, 2.75) is 19.3 Å². The number of methoxy groups -OCH3 is 1. The molecule has 2 heterocycles. The van der Waals surface area contributed by atoms with E-state index < -0.39 is 0 Å². The van der Waals surface area contributed by atoms with E-state index in [-0.39, 0.29) is 18.3 Å². The highest BCUT2D eigenvalue weighted by molar-refractivity contribution is 5.69. The van der Waals surface area contributed by atoms with Crippen LogP contribution in [-0.2, 0) is 9.53 Å². The van der Waals surface area contributed by atoms with Crippen molar-refractivity contribution in [3.63, 3.8) is 0 Å². The molecule has 0 bridgehead atoms. The molecule has 1 saturated heterocycles. The number of ether oxygens (including phenoxy) is 1. The van der Waals surface area contributed by atoms with E-state index in [4.69, 9.17) is 5.73 Å². The van der Waals surface area contributed by atoms with Gasteiger partial charge in [-0.1, -0.05) is 0 Å². The molecule has 0 atom stereocenters. The molecule has 0 saturated carbocycles. The molecule has 1 fully saturated rings. The third kappa shape index (κ3) is 3.67. The highest BCUT2D eigenvalue weighted by Crippen LogP contribution is 2.17. The first-order chi connectivity index (χ1) is 9.19. The lowest BCUT2D eigenvalue weighted by Gasteiger charge is -2.15. The minimum absolute atomic E-state index is 0.178. The van der Waals surface area contributed by atoms with Crippen molar-refractivity contribution in [2.24, 2.45) is 0 Å². The van der Waals surface area contributed by atoms with Gasteiger partial charge in [-0.3, -0.25) is 4.79 Å². The molecule has 3 N–H and O–H groups in total. The summed E-state index contributed by atoms with van der Waals surface area (Å²) in [5.41, 5.74) is 5.66. The number of nitrogens with two attached hydrogens (primary N) is 1. The van der Waals surface area contributed by atoms with Gasteiger partial charge in [-0.05, 0) is 12.8 Å². The summed E-state index contributed by atoms with van der Waals surface area (Å²) in [6.07, 6.45) is 2.52. The second-order valence-corrected chi connectivity index (χ2v) is 4.26. The minimum Gasteiger partial charge on any atom is -0.469 e. The maximum atomic E-state index is 11.0. The Hall–Kier alpha value is -2.12. The number of hydrogen-bond acceptors (Lipinski definition) is 8. The third-order valence-corrected chi connectivity index (χ3v) is 2.87. The van der Waals surface area contributed by atoms with Gasteiger partial charge in [0.05, 0.1) is 13.5 Å². The molecule has 0 unspecified atom stereocenters. The number of hydrogen-bond donors (Lipinski definition) is 2. The summed E-state index contributed by atoms with van der Waals surface area (Å²) in [6, 6.07) is 0. The largest absolute Gasteiger partial charge is 0.469 e. The van der Waals surface area contributed by atoms with Crippen LogP contribution in [0.2, 0.25) is 0 Å². The lowest BCUT2D eigenvalue weighted by atomic mass is 10.4. The predicted molar refractivity (Wildman–Crippen MR) is 70.8 cm³/mol. The minimum atomic E-state index is -0.283. The Morgan fingerprint density at radius 1 is 1.37 bits per heavy atom. The van der Waals surface area contributed by atoms with Crippen LogP contribution in [0.3, 0.4) is 0 Å². The molecule has 1 aromatic heterocycles. The second kappa shape index (κ2) is 6.17. The average molecular weight is 266 g/mol. The first-order valence-electron chi connectivity index (χ1n) is 6.26. The molecule has 104 valence electrons. The van der Waals surface area contributed by atoms with Gasteiger partial charge in [0.2, 0.25) is 17.8 Å². The Balaban J connectivity index is 1.98. The number of aromatic nitrogens is 3. The zero-order valence-corrected chi connectivity index (χ0v) is 10.9. The Kier molecular flexibility index (Phi) is 4.32. The van der Waals surface area contributed by atoms with Crippen LogP contribution in [0.15, 0.2) is 0 Å². The summed E-state index contributed by atoms with van der Waals surface area (Å²) >= 11 is 0. The van der Waals surface area contributed by atoms with Gasteiger partial charge in [-0.15, -0.1) is 0 Å². The van der Waals surface area contributed by atoms with Crippen molar-refractivity contribution in [2.75, 3.05) is 42.7 Å².